The number of fused-ring (bicyclic) bond motifs is 2. The fourth-order valence-corrected chi connectivity index (χ4v) is 5.36. The average Bonchev–Trinajstić information content (AvgIpc) is 2.73. The molecule has 3 aliphatic carbocycles. The second-order valence-corrected chi connectivity index (χ2v) is 9.82. The highest BCUT2D eigenvalue weighted by Gasteiger charge is 2.57. The van der Waals surface area contributed by atoms with Gasteiger partial charge in [0.15, 0.2) is 5.75 Å². The molecule has 3 fully saturated rings. The van der Waals surface area contributed by atoms with E-state index in [1.165, 1.54) is 12.6 Å². The van der Waals surface area contributed by atoms with Crippen LogP contribution in [0.1, 0.15) is 39.2 Å². The van der Waals surface area contributed by atoms with Gasteiger partial charge in [-0.05, 0) is 69.6 Å². The minimum atomic E-state index is -0.375. The standard InChI is InChI=1S/C22H27BrN4O3/c1-13-16-8-15(22(16,2)3)9-17(13)30-18-11-26-27(21(29)20(18)23)12-19(28)25-10-14-4-6-24-7-5-14/h4-7,11,13,15-17H,8-10,12H2,1-3H3,(H,25,28)/t13-,15-,16+,17-/m1/s1. The zero-order valence-electron chi connectivity index (χ0n) is 17.5. The molecular weight excluding hydrogens is 448 g/mol. The molecule has 3 aliphatic rings. The van der Waals surface area contributed by atoms with Gasteiger partial charge < -0.3 is 10.1 Å². The van der Waals surface area contributed by atoms with Crippen LogP contribution in [0.3, 0.4) is 0 Å². The Labute approximate surface area is 184 Å². The molecule has 2 aromatic rings. The van der Waals surface area contributed by atoms with Crippen molar-refractivity contribution < 1.29 is 9.53 Å². The van der Waals surface area contributed by atoms with Crippen LogP contribution < -0.4 is 15.6 Å². The fraction of sp³-hybridized carbons (Fsp3) is 0.545. The van der Waals surface area contributed by atoms with Gasteiger partial charge in [0.1, 0.15) is 17.1 Å². The molecule has 7 nitrogen and oxygen atoms in total. The lowest BCUT2D eigenvalue weighted by Crippen LogP contribution is -2.58. The van der Waals surface area contributed by atoms with Crippen LogP contribution in [0.2, 0.25) is 0 Å². The summed E-state index contributed by atoms with van der Waals surface area (Å²) < 4.78 is 7.66. The van der Waals surface area contributed by atoms with Crippen LogP contribution in [0.15, 0.2) is 40.0 Å². The first kappa shape index (κ1) is 21.0. The van der Waals surface area contributed by atoms with E-state index in [-0.39, 0.29) is 24.1 Å². The number of aromatic nitrogens is 3. The predicted octanol–water partition coefficient (Wildman–Crippen LogP) is 3.17. The Balaban J connectivity index is 1.39. The summed E-state index contributed by atoms with van der Waals surface area (Å²) in [6.45, 7) is 7.15. The van der Waals surface area contributed by atoms with Gasteiger partial charge in [0.2, 0.25) is 5.91 Å². The van der Waals surface area contributed by atoms with Crippen LogP contribution in [0.5, 0.6) is 5.75 Å². The maximum Gasteiger partial charge on any atom is 0.285 e. The van der Waals surface area contributed by atoms with Crippen LogP contribution in [-0.4, -0.2) is 26.8 Å². The van der Waals surface area contributed by atoms with Crippen molar-refractivity contribution in [3.63, 3.8) is 0 Å². The maximum atomic E-state index is 12.7. The average molecular weight is 475 g/mol. The molecule has 1 amide bonds. The van der Waals surface area contributed by atoms with E-state index in [1.54, 1.807) is 12.4 Å². The van der Waals surface area contributed by atoms with Gasteiger partial charge in [-0.15, -0.1) is 0 Å². The molecule has 2 aromatic heterocycles. The Bertz CT molecular complexity index is 992. The van der Waals surface area contributed by atoms with E-state index in [0.29, 0.717) is 39.9 Å². The molecule has 3 saturated carbocycles. The monoisotopic (exact) mass is 474 g/mol. The van der Waals surface area contributed by atoms with E-state index in [0.717, 1.165) is 16.7 Å². The molecule has 5 rings (SSSR count). The summed E-state index contributed by atoms with van der Waals surface area (Å²) in [4.78, 5) is 28.9. The first-order valence-corrected chi connectivity index (χ1v) is 11.1. The van der Waals surface area contributed by atoms with Gasteiger partial charge in [0, 0.05) is 18.9 Å². The molecule has 0 unspecified atom stereocenters. The van der Waals surface area contributed by atoms with Crippen molar-refractivity contribution in [2.45, 2.75) is 52.8 Å². The summed E-state index contributed by atoms with van der Waals surface area (Å²) in [5, 5.41) is 6.95. The quantitative estimate of drug-likeness (QED) is 0.694. The Morgan fingerprint density at radius 1 is 1.33 bits per heavy atom. The number of carbonyl (C=O) groups excluding carboxylic acids is 1. The fourth-order valence-electron chi connectivity index (χ4n) is 4.96. The number of rotatable bonds is 6. The van der Waals surface area contributed by atoms with E-state index in [1.807, 2.05) is 12.1 Å². The summed E-state index contributed by atoms with van der Waals surface area (Å²) >= 11 is 3.36. The number of hydrogen-bond donors (Lipinski definition) is 1. The lowest BCUT2D eigenvalue weighted by Gasteiger charge is -2.61. The maximum absolute atomic E-state index is 12.7. The Hall–Kier alpha value is -2.22. The summed E-state index contributed by atoms with van der Waals surface area (Å²) in [5.41, 5.74) is 0.939. The number of ether oxygens (including phenoxy) is 1. The third kappa shape index (κ3) is 3.89. The first-order valence-electron chi connectivity index (χ1n) is 10.3. The van der Waals surface area contributed by atoms with E-state index >= 15 is 0 Å². The molecule has 30 heavy (non-hydrogen) atoms. The van der Waals surface area contributed by atoms with E-state index in [9.17, 15) is 9.59 Å². The lowest BCUT2D eigenvalue weighted by atomic mass is 9.45. The summed E-state index contributed by atoms with van der Waals surface area (Å²) in [7, 11) is 0. The minimum Gasteiger partial charge on any atom is -0.487 e. The van der Waals surface area contributed by atoms with Gasteiger partial charge >= 0.3 is 0 Å². The van der Waals surface area contributed by atoms with Crippen LogP contribution in [0.25, 0.3) is 0 Å². The highest BCUT2D eigenvalue weighted by atomic mass is 79.9. The van der Waals surface area contributed by atoms with Gasteiger partial charge in [0.25, 0.3) is 5.56 Å². The molecule has 160 valence electrons. The second kappa shape index (κ2) is 8.13. The summed E-state index contributed by atoms with van der Waals surface area (Å²) in [6.07, 6.45) is 7.21. The molecule has 4 atom stereocenters. The van der Waals surface area contributed by atoms with Crippen molar-refractivity contribution in [2.75, 3.05) is 0 Å². The van der Waals surface area contributed by atoms with Crippen molar-refractivity contribution in [3.05, 3.63) is 51.1 Å². The largest absolute Gasteiger partial charge is 0.487 e. The minimum absolute atomic E-state index is 0.0822. The third-order valence-corrected chi connectivity index (χ3v) is 7.78. The summed E-state index contributed by atoms with van der Waals surface area (Å²) in [6, 6.07) is 3.65. The van der Waals surface area contributed by atoms with Crippen LogP contribution >= 0.6 is 15.9 Å². The second-order valence-electron chi connectivity index (χ2n) is 9.03. The van der Waals surface area contributed by atoms with Gasteiger partial charge in [-0.25, -0.2) is 4.68 Å². The van der Waals surface area contributed by atoms with Crippen LogP contribution in [-0.2, 0) is 17.9 Å². The highest BCUT2D eigenvalue weighted by molar-refractivity contribution is 9.10. The number of carbonyl (C=O) groups is 1. The summed E-state index contributed by atoms with van der Waals surface area (Å²) in [5.74, 6) is 1.91. The van der Waals surface area contributed by atoms with E-state index in [4.69, 9.17) is 4.74 Å². The number of pyridine rings is 1. The van der Waals surface area contributed by atoms with E-state index in [2.05, 4.69) is 52.1 Å². The van der Waals surface area contributed by atoms with Gasteiger partial charge in [-0.2, -0.15) is 5.10 Å². The van der Waals surface area contributed by atoms with Crippen molar-refractivity contribution in [1.82, 2.24) is 20.1 Å². The van der Waals surface area contributed by atoms with E-state index < -0.39 is 0 Å². The normalized spacial score (nSPS) is 26.5. The zero-order valence-corrected chi connectivity index (χ0v) is 19.1. The molecule has 8 heteroatoms. The molecule has 0 aromatic carbocycles. The predicted molar refractivity (Wildman–Crippen MR) is 116 cm³/mol. The molecule has 1 N–H and O–H groups in total. The molecule has 2 heterocycles. The van der Waals surface area contributed by atoms with Crippen LogP contribution in [0.4, 0.5) is 0 Å². The Kier molecular flexibility index (Phi) is 5.70. The van der Waals surface area contributed by atoms with Crippen molar-refractivity contribution in [2.24, 2.45) is 23.2 Å². The van der Waals surface area contributed by atoms with Gasteiger partial charge in [-0.1, -0.05) is 20.8 Å². The lowest BCUT2D eigenvalue weighted by molar-refractivity contribution is -0.147. The Morgan fingerprint density at radius 2 is 2.07 bits per heavy atom. The smallest absolute Gasteiger partial charge is 0.285 e. The van der Waals surface area contributed by atoms with Gasteiger partial charge in [0.05, 0.1) is 6.20 Å². The number of nitrogens with zero attached hydrogens (tertiary/aromatic N) is 3. The van der Waals surface area contributed by atoms with Crippen molar-refractivity contribution >= 4 is 21.8 Å². The molecular formula is C22H27BrN4O3. The third-order valence-electron chi connectivity index (χ3n) is 7.05. The van der Waals surface area contributed by atoms with Crippen molar-refractivity contribution in [3.8, 4) is 5.75 Å². The molecule has 0 radical (unpaired) electrons. The van der Waals surface area contributed by atoms with Gasteiger partial charge in [-0.3, -0.25) is 14.6 Å². The Morgan fingerprint density at radius 3 is 2.73 bits per heavy atom. The number of halogens is 1. The zero-order chi connectivity index (χ0) is 21.5. The number of hydrogen-bond acceptors (Lipinski definition) is 5. The topological polar surface area (TPSA) is 86.1 Å². The number of amides is 1. The van der Waals surface area contributed by atoms with Crippen LogP contribution in [0, 0.1) is 23.2 Å². The first-order chi connectivity index (χ1) is 14.3. The van der Waals surface area contributed by atoms with Crippen molar-refractivity contribution in [1.29, 1.82) is 0 Å². The molecule has 0 saturated heterocycles. The highest BCUT2D eigenvalue weighted by Crippen LogP contribution is 2.61. The molecule has 0 spiro atoms. The molecule has 0 aliphatic heterocycles. The SMILES string of the molecule is C[C@H]1[C@H](Oc2cnn(CC(=O)NCc3ccncc3)c(=O)c2Br)C[C@H]2C[C@@H]1C2(C)C. The number of nitrogens with one attached hydrogen (secondary N) is 1. The molecule has 2 bridgehead atoms.